The number of esters is 1. The number of ether oxygens (including phenoxy) is 1. The Labute approximate surface area is 153 Å². The van der Waals surface area contributed by atoms with Crippen LogP contribution in [0.3, 0.4) is 0 Å². The lowest BCUT2D eigenvalue weighted by atomic mass is 10.1. The Kier molecular flexibility index (Phi) is 14.1. The predicted octanol–water partition coefficient (Wildman–Crippen LogP) is 3.25. The van der Waals surface area contributed by atoms with Gasteiger partial charge in [0.1, 0.15) is 17.9 Å². The van der Waals surface area contributed by atoms with Crippen molar-refractivity contribution in [1.29, 1.82) is 15.8 Å². The zero-order valence-electron chi connectivity index (χ0n) is 15.2. The first-order valence-electron chi connectivity index (χ1n) is 7.71. The van der Waals surface area contributed by atoms with Crippen LogP contribution in [0.15, 0.2) is 23.8 Å². The van der Waals surface area contributed by atoms with Crippen LogP contribution in [0.2, 0.25) is 0 Å². The van der Waals surface area contributed by atoms with Crippen LogP contribution in [-0.4, -0.2) is 23.5 Å². The first-order chi connectivity index (χ1) is 12.4. The second kappa shape index (κ2) is 14.9. The third-order valence-electron chi connectivity index (χ3n) is 2.51. The van der Waals surface area contributed by atoms with Crippen LogP contribution < -0.4 is 0 Å². The standard InChI is InChI=1S/C15H12N2O4.C2H3N.C2H6/c1-10(18)13(15(20)21-6-2-5-16)8-12-4-3-11(9-17)7-14(12)19;1-2-3;1-2/h3-4,7-8,19H,2,6H2,1H3;1H3;1-2H3/b13-8-;;. The number of ketones is 1. The summed E-state index contributed by atoms with van der Waals surface area (Å²) in [7, 11) is 0. The van der Waals surface area contributed by atoms with Gasteiger partial charge in [0.2, 0.25) is 0 Å². The zero-order valence-corrected chi connectivity index (χ0v) is 15.2. The van der Waals surface area contributed by atoms with Gasteiger partial charge in [0, 0.05) is 12.5 Å². The average molecular weight is 355 g/mol. The largest absolute Gasteiger partial charge is 0.507 e. The van der Waals surface area contributed by atoms with E-state index >= 15 is 0 Å². The summed E-state index contributed by atoms with van der Waals surface area (Å²) in [6, 6.07) is 9.51. The van der Waals surface area contributed by atoms with Crippen molar-refractivity contribution in [2.24, 2.45) is 0 Å². The normalized spacial score (nSPS) is 8.88. The Morgan fingerprint density at radius 3 is 2.23 bits per heavy atom. The Morgan fingerprint density at radius 2 is 1.81 bits per heavy atom. The van der Waals surface area contributed by atoms with Gasteiger partial charge in [-0.15, -0.1) is 0 Å². The van der Waals surface area contributed by atoms with Crippen molar-refractivity contribution >= 4 is 17.8 Å². The predicted molar refractivity (Wildman–Crippen MR) is 95.3 cm³/mol. The molecule has 0 radical (unpaired) electrons. The number of carbonyl (C=O) groups excluding carboxylic acids is 2. The zero-order chi connectivity index (χ0) is 20.5. The molecule has 1 aromatic rings. The molecule has 0 amide bonds. The van der Waals surface area contributed by atoms with E-state index in [2.05, 4.69) is 0 Å². The van der Waals surface area contributed by atoms with Crippen molar-refractivity contribution in [3.63, 3.8) is 0 Å². The van der Waals surface area contributed by atoms with Crippen molar-refractivity contribution < 1.29 is 19.4 Å². The highest BCUT2D eigenvalue weighted by molar-refractivity contribution is 6.19. The molecule has 0 saturated carbocycles. The van der Waals surface area contributed by atoms with E-state index in [1.165, 1.54) is 38.1 Å². The highest BCUT2D eigenvalue weighted by Gasteiger charge is 2.17. The molecule has 0 atom stereocenters. The van der Waals surface area contributed by atoms with Gasteiger partial charge in [-0.2, -0.15) is 15.8 Å². The minimum absolute atomic E-state index is 0.0268. The fraction of sp³-hybridized carbons (Fsp3) is 0.316. The van der Waals surface area contributed by atoms with E-state index in [1.54, 1.807) is 6.07 Å². The number of aromatic hydroxyl groups is 1. The fourth-order valence-corrected chi connectivity index (χ4v) is 1.46. The maximum absolute atomic E-state index is 11.7. The lowest BCUT2D eigenvalue weighted by Gasteiger charge is -2.05. The van der Waals surface area contributed by atoms with Crippen molar-refractivity contribution in [2.75, 3.05) is 6.61 Å². The lowest BCUT2D eigenvalue weighted by molar-refractivity contribution is -0.140. The van der Waals surface area contributed by atoms with E-state index in [4.69, 9.17) is 20.5 Å². The summed E-state index contributed by atoms with van der Waals surface area (Å²) in [4.78, 5) is 23.2. The van der Waals surface area contributed by atoms with Crippen molar-refractivity contribution in [3.05, 3.63) is 34.9 Å². The van der Waals surface area contributed by atoms with Crippen LogP contribution in [0, 0.1) is 34.0 Å². The molecular weight excluding hydrogens is 334 g/mol. The maximum atomic E-state index is 11.7. The van der Waals surface area contributed by atoms with Gasteiger partial charge in [-0.05, 0) is 31.2 Å². The van der Waals surface area contributed by atoms with Gasteiger partial charge in [0.05, 0.1) is 30.2 Å². The number of nitriles is 3. The summed E-state index contributed by atoms with van der Waals surface area (Å²) in [6.07, 6.45) is 1.21. The third-order valence-corrected chi connectivity index (χ3v) is 2.51. The van der Waals surface area contributed by atoms with Crippen LogP contribution in [0.1, 0.15) is 45.2 Å². The first-order valence-corrected chi connectivity index (χ1v) is 7.71. The molecule has 0 saturated heterocycles. The number of rotatable bonds is 5. The summed E-state index contributed by atoms with van der Waals surface area (Å²) < 4.78 is 4.78. The molecule has 26 heavy (non-hydrogen) atoms. The summed E-state index contributed by atoms with van der Waals surface area (Å²) in [5.41, 5.74) is 0.231. The molecule has 0 aromatic heterocycles. The molecule has 0 aliphatic heterocycles. The maximum Gasteiger partial charge on any atom is 0.341 e. The monoisotopic (exact) mass is 355 g/mol. The molecular formula is C19H21N3O4. The molecule has 1 aromatic carbocycles. The summed E-state index contributed by atoms with van der Waals surface area (Å²) in [6.45, 7) is 6.51. The van der Waals surface area contributed by atoms with Crippen LogP contribution in [0.5, 0.6) is 5.75 Å². The van der Waals surface area contributed by atoms with E-state index in [0.717, 1.165) is 0 Å². The van der Waals surface area contributed by atoms with Gasteiger partial charge in [-0.3, -0.25) is 4.79 Å². The first kappa shape index (κ1) is 24.6. The fourth-order valence-electron chi connectivity index (χ4n) is 1.46. The number of carbonyl (C=O) groups is 2. The van der Waals surface area contributed by atoms with E-state index in [-0.39, 0.29) is 35.5 Å². The number of phenolic OH excluding ortho intramolecular Hbond substituents is 1. The number of hydrogen-bond acceptors (Lipinski definition) is 7. The molecule has 0 unspecified atom stereocenters. The Hall–Kier alpha value is -3.63. The number of nitrogens with zero attached hydrogens (tertiary/aromatic N) is 3. The summed E-state index contributed by atoms with van der Waals surface area (Å²) >= 11 is 0. The number of phenols is 1. The highest BCUT2D eigenvalue weighted by atomic mass is 16.5. The van der Waals surface area contributed by atoms with Gasteiger partial charge >= 0.3 is 5.97 Å². The SMILES string of the molecule is CC.CC#N.CC(=O)/C(=C/c1ccc(C#N)cc1O)C(=O)OCCC#N. The second-order valence-corrected chi connectivity index (χ2v) is 4.27. The molecule has 136 valence electrons. The van der Waals surface area contributed by atoms with Crippen LogP contribution in [-0.2, 0) is 14.3 Å². The Bertz CT molecular complexity index is 762. The molecule has 0 aliphatic rings. The Morgan fingerprint density at radius 1 is 1.23 bits per heavy atom. The van der Waals surface area contributed by atoms with Gasteiger partial charge in [0.15, 0.2) is 5.78 Å². The van der Waals surface area contributed by atoms with E-state index in [1.807, 2.05) is 26.0 Å². The van der Waals surface area contributed by atoms with Gasteiger partial charge in [-0.1, -0.05) is 13.8 Å². The topological polar surface area (TPSA) is 135 Å². The molecule has 0 aliphatic carbocycles. The number of benzene rings is 1. The van der Waals surface area contributed by atoms with E-state index < -0.39 is 11.8 Å². The van der Waals surface area contributed by atoms with E-state index in [9.17, 15) is 14.7 Å². The molecule has 0 fully saturated rings. The van der Waals surface area contributed by atoms with Crippen LogP contribution in [0.25, 0.3) is 6.08 Å². The molecule has 1 N–H and O–H groups in total. The lowest BCUT2D eigenvalue weighted by Crippen LogP contribution is -2.14. The molecule has 1 rings (SSSR count). The van der Waals surface area contributed by atoms with Crippen molar-refractivity contribution in [1.82, 2.24) is 0 Å². The smallest absolute Gasteiger partial charge is 0.341 e. The second-order valence-electron chi connectivity index (χ2n) is 4.27. The minimum Gasteiger partial charge on any atom is -0.507 e. The molecule has 7 nitrogen and oxygen atoms in total. The molecule has 0 bridgehead atoms. The Balaban J connectivity index is 0. The quantitative estimate of drug-likeness (QED) is 0.281. The molecule has 0 heterocycles. The molecule has 7 heteroatoms. The summed E-state index contributed by atoms with van der Waals surface area (Å²) in [5.74, 6) is -1.61. The van der Waals surface area contributed by atoms with Crippen molar-refractivity contribution in [3.8, 4) is 24.0 Å². The average Bonchev–Trinajstić information content (AvgIpc) is 2.62. The van der Waals surface area contributed by atoms with Gasteiger partial charge in [-0.25, -0.2) is 4.79 Å². The van der Waals surface area contributed by atoms with Crippen LogP contribution in [0.4, 0.5) is 0 Å². The van der Waals surface area contributed by atoms with Crippen LogP contribution >= 0.6 is 0 Å². The van der Waals surface area contributed by atoms with Crippen molar-refractivity contribution in [2.45, 2.75) is 34.1 Å². The number of Topliss-reactive ketones (excluding diaryl/α,β-unsaturated/α-hetero) is 1. The molecule has 0 spiro atoms. The number of hydrogen-bond donors (Lipinski definition) is 1. The third kappa shape index (κ3) is 9.50. The van der Waals surface area contributed by atoms with E-state index in [0.29, 0.717) is 0 Å². The highest BCUT2D eigenvalue weighted by Crippen LogP contribution is 2.22. The summed E-state index contributed by atoms with van der Waals surface area (Å²) in [5, 5.41) is 34.1. The van der Waals surface area contributed by atoms with Gasteiger partial charge in [0.25, 0.3) is 0 Å². The minimum atomic E-state index is -0.860. The van der Waals surface area contributed by atoms with Gasteiger partial charge < -0.3 is 9.84 Å².